The summed E-state index contributed by atoms with van der Waals surface area (Å²) < 4.78 is 2.34. The van der Waals surface area contributed by atoms with E-state index in [0.717, 1.165) is 33.4 Å². The lowest BCUT2D eigenvalue weighted by Gasteiger charge is -2.12. The molecule has 0 bridgehead atoms. The largest absolute Gasteiger partial charge is 0.309 e. The van der Waals surface area contributed by atoms with E-state index in [2.05, 4.69) is 132 Å². The molecule has 0 atom stereocenters. The van der Waals surface area contributed by atoms with Crippen LogP contribution in [-0.2, 0) is 0 Å². The summed E-state index contributed by atoms with van der Waals surface area (Å²) in [7, 11) is 0. The third-order valence-electron chi connectivity index (χ3n) is 9.79. The van der Waals surface area contributed by atoms with Crippen LogP contribution in [0.25, 0.3) is 93.8 Å². The maximum absolute atomic E-state index is 9.80. The molecule has 3 heteroatoms. The zero-order chi connectivity index (χ0) is 31.1. The van der Waals surface area contributed by atoms with Gasteiger partial charge in [-0.2, -0.15) is 5.26 Å². The number of hydrogen-bond donors (Lipinski definition) is 0. The smallest absolute Gasteiger partial charge is 0.0999 e. The van der Waals surface area contributed by atoms with Gasteiger partial charge in [-0.3, -0.25) is 0 Å². The lowest BCUT2D eigenvalue weighted by atomic mass is 9.93. The van der Waals surface area contributed by atoms with Crippen molar-refractivity contribution in [2.75, 3.05) is 0 Å². The second-order valence-electron chi connectivity index (χ2n) is 12.2. The van der Waals surface area contributed by atoms with E-state index in [1.165, 1.54) is 60.4 Å². The Morgan fingerprint density at radius 3 is 1.94 bits per heavy atom. The van der Waals surface area contributed by atoms with Gasteiger partial charge < -0.3 is 4.57 Å². The van der Waals surface area contributed by atoms with E-state index >= 15 is 0 Å². The fraction of sp³-hybridized carbons (Fsp3) is 0. The minimum Gasteiger partial charge on any atom is -0.309 e. The summed E-state index contributed by atoms with van der Waals surface area (Å²) >= 11 is 0. The van der Waals surface area contributed by atoms with E-state index in [0.29, 0.717) is 5.56 Å². The molecule has 0 unspecified atom stereocenters. The van der Waals surface area contributed by atoms with Gasteiger partial charge in [-0.25, -0.2) is 4.98 Å². The fourth-order valence-electron chi connectivity index (χ4n) is 7.68. The second-order valence-corrected chi connectivity index (χ2v) is 12.2. The third-order valence-corrected chi connectivity index (χ3v) is 9.79. The lowest BCUT2D eigenvalue weighted by molar-refractivity contribution is 1.18. The van der Waals surface area contributed by atoms with E-state index in [4.69, 9.17) is 4.98 Å². The molecular weight excluding hydrogens is 571 g/mol. The molecule has 47 heavy (non-hydrogen) atoms. The first-order valence-electron chi connectivity index (χ1n) is 15.9. The van der Waals surface area contributed by atoms with Gasteiger partial charge in [0.15, 0.2) is 0 Å². The topological polar surface area (TPSA) is 41.6 Å². The van der Waals surface area contributed by atoms with E-state index in [1.54, 1.807) is 0 Å². The van der Waals surface area contributed by atoms with Crippen molar-refractivity contribution in [2.45, 2.75) is 0 Å². The number of para-hydroxylation sites is 2. The Labute approximate surface area is 271 Å². The van der Waals surface area contributed by atoms with E-state index < -0.39 is 0 Å². The predicted molar refractivity (Wildman–Crippen MR) is 194 cm³/mol. The normalized spacial score (nSPS) is 11.8. The van der Waals surface area contributed by atoms with E-state index in [1.807, 2.05) is 30.3 Å². The van der Waals surface area contributed by atoms with Crippen molar-refractivity contribution in [3.05, 3.63) is 157 Å². The van der Waals surface area contributed by atoms with Gasteiger partial charge in [0.05, 0.1) is 33.9 Å². The molecule has 216 valence electrons. The number of fused-ring (bicyclic) bond motifs is 7. The average Bonchev–Trinajstić information content (AvgIpc) is 3.65. The first-order valence-corrected chi connectivity index (χ1v) is 15.9. The maximum Gasteiger partial charge on any atom is 0.0999 e. The first-order chi connectivity index (χ1) is 23.3. The maximum atomic E-state index is 9.80. The molecule has 9 aromatic rings. The van der Waals surface area contributed by atoms with Gasteiger partial charge in [0.1, 0.15) is 0 Å². The molecule has 7 aromatic carbocycles. The van der Waals surface area contributed by atoms with Crippen molar-refractivity contribution in [1.82, 2.24) is 9.55 Å². The van der Waals surface area contributed by atoms with E-state index in [9.17, 15) is 5.26 Å². The Bertz CT molecular complexity index is 2770. The molecule has 1 aliphatic rings. The van der Waals surface area contributed by atoms with Gasteiger partial charge in [-0.05, 0) is 86.6 Å². The molecule has 2 aromatic heterocycles. The van der Waals surface area contributed by atoms with Crippen molar-refractivity contribution < 1.29 is 0 Å². The molecule has 2 heterocycles. The number of aromatic nitrogens is 2. The van der Waals surface area contributed by atoms with Crippen LogP contribution in [0.3, 0.4) is 0 Å². The van der Waals surface area contributed by atoms with Crippen LogP contribution in [-0.4, -0.2) is 9.55 Å². The molecule has 0 saturated heterocycles. The second kappa shape index (κ2) is 9.75. The highest BCUT2D eigenvalue weighted by Crippen LogP contribution is 2.49. The van der Waals surface area contributed by atoms with Crippen LogP contribution in [0.2, 0.25) is 0 Å². The van der Waals surface area contributed by atoms with Crippen LogP contribution in [0.15, 0.2) is 152 Å². The summed E-state index contributed by atoms with van der Waals surface area (Å²) in [6, 6.07) is 56.1. The predicted octanol–water partition coefficient (Wildman–Crippen LogP) is 11.3. The van der Waals surface area contributed by atoms with Crippen LogP contribution in [0.4, 0.5) is 0 Å². The molecule has 10 rings (SSSR count). The van der Waals surface area contributed by atoms with Crippen molar-refractivity contribution in [2.24, 2.45) is 0 Å². The van der Waals surface area contributed by atoms with Gasteiger partial charge >= 0.3 is 0 Å². The number of benzene rings is 7. The van der Waals surface area contributed by atoms with Crippen molar-refractivity contribution in [3.63, 3.8) is 0 Å². The summed E-state index contributed by atoms with van der Waals surface area (Å²) in [6.07, 6.45) is 0. The summed E-state index contributed by atoms with van der Waals surface area (Å²) in [5.41, 5.74) is 14.4. The standard InChI is InChI=1S/C44H25N3/c45-26-29-25-41(46-40-14-5-3-8-32(29)40)27-16-19-30(20-17-27)47-42-15-6-4-11-35(42)39-24-28(18-23-43(39)47)31-21-22-38-34-10-2-1-9-33(34)37-13-7-12-36(31)44(37)38/h1-25H. The minimum atomic E-state index is 0.637. The third kappa shape index (κ3) is 3.70. The minimum absolute atomic E-state index is 0.637. The molecule has 0 amide bonds. The van der Waals surface area contributed by atoms with E-state index in [-0.39, 0.29) is 0 Å². The van der Waals surface area contributed by atoms with Gasteiger partial charge in [-0.15, -0.1) is 0 Å². The van der Waals surface area contributed by atoms with Crippen molar-refractivity contribution in [1.29, 1.82) is 5.26 Å². The van der Waals surface area contributed by atoms with Crippen LogP contribution < -0.4 is 0 Å². The summed E-state index contributed by atoms with van der Waals surface area (Å²) in [5, 5.41) is 15.8. The first kappa shape index (κ1) is 25.8. The summed E-state index contributed by atoms with van der Waals surface area (Å²) in [5.74, 6) is 0. The molecule has 1 aliphatic carbocycles. The Morgan fingerprint density at radius 2 is 1.11 bits per heavy atom. The lowest BCUT2D eigenvalue weighted by Crippen LogP contribution is -1.94. The number of nitriles is 1. The Balaban J connectivity index is 1.11. The molecule has 3 nitrogen and oxygen atoms in total. The van der Waals surface area contributed by atoms with Crippen LogP contribution in [0, 0.1) is 11.3 Å². The Kier molecular flexibility index (Phi) is 5.35. The molecule has 0 N–H and O–H groups in total. The molecule has 0 fully saturated rings. The highest BCUT2D eigenvalue weighted by Gasteiger charge is 2.22. The van der Waals surface area contributed by atoms with Crippen LogP contribution >= 0.6 is 0 Å². The summed E-state index contributed by atoms with van der Waals surface area (Å²) in [6.45, 7) is 0. The van der Waals surface area contributed by atoms with Gasteiger partial charge in [-0.1, -0.05) is 109 Å². The Morgan fingerprint density at radius 1 is 0.468 bits per heavy atom. The van der Waals surface area contributed by atoms with Gasteiger partial charge in [0.25, 0.3) is 0 Å². The number of nitrogens with zero attached hydrogens (tertiary/aromatic N) is 3. The highest BCUT2D eigenvalue weighted by atomic mass is 15.0. The molecule has 0 aliphatic heterocycles. The summed E-state index contributed by atoms with van der Waals surface area (Å²) in [4.78, 5) is 4.87. The molecule has 0 radical (unpaired) electrons. The van der Waals surface area contributed by atoms with Gasteiger partial charge in [0, 0.05) is 27.4 Å². The van der Waals surface area contributed by atoms with Crippen LogP contribution in [0.1, 0.15) is 5.56 Å². The average molecular weight is 596 g/mol. The monoisotopic (exact) mass is 595 g/mol. The number of pyridine rings is 1. The SMILES string of the molecule is N#Cc1cc(-c2ccc(-n3c4ccccc4c4cc(-c5ccc6c7c(cccc57)-c5ccccc5-6)ccc43)cc2)nc2ccccc12. The van der Waals surface area contributed by atoms with Crippen molar-refractivity contribution >= 4 is 43.5 Å². The zero-order valence-electron chi connectivity index (χ0n) is 25.3. The zero-order valence-corrected chi connectivity index (χ0v) is 25.3. The highest BCUT2D eigenvalue weighted by molar-refractivity contribution is 6.19. The quantitative estimate of drug-likeness (QED) is 0.204. The van der Waals surface area contributed by atoms with Crippen molar-refractivity contribution in [3.8, 4) is 56.4 Å². The van der Waals surface area contributed by atoms with Gasteiger partial charge in [0.2, 0.25) is 0 Å². The molecule has 0 saturated carbocycles. The fourth-order valence-corrected chi connectivity index (χ4v) is 7.68. The number of hydrogen-bond acceptors (Lipinski definition) is 2. The Hall–Kier alpha value is -6.50. The molecular formula is C44H25N3. The molecule has 0 spiro atoms. The van der Waals surface area contributed by atoms with Crippen LogP contribution in [0.5, 0.6) is 0 Å². The number of rotatable bonds is 3.